The predicted molar refractivity (Wildman–Crippen MR) is 119 cm³/mol. The molecule has 0 fully saturated rings. The zero-order chi connectivity index (χ0) is 21.6. The Bertz CT molecular complexity index is 870. The first-order valence-corrected chi connectivity index (χ1v) is 10.6. The minimum atomic E-state index is -0.615. The summed E-state index contributed by atoms with van der Waals surface area (Å²) in [5, 5.41) is 3.84. The number of nitrogens with one attached hydrogen (secondary N) is 1. The molecule has 2 aromatic rings. The summed E-state index contributed by atoms with van der Waals surface area (Å²) >= 11 is 12.2. The highest BCUT2D eigenvalue weighted by Gasteiger charge is 2.27. The van der Waals surface area contributed by atoms with Crippen molar-refractivity contribution in [2.24, 2.45) is 0 Å². The second kappa shape index (κ2) is 10.7. The van der Waals surface area contributed by atoms with Gasteiger partial charge in [-0.2, -0.15) is 0 Å². The van der Waals surface area contributed by atoms with E-state index in [-0.39, 0.29) is 30.8 Å². The highest BCUT2D eigenvalue weighted by Crippen LogP contribution is 2.24. The van der Waals surface area contributed by atoms with Gasteiger partial charge in [0.2, 0.25) is 11.8 Å². The standard InChI is InChI=1S/C23H28Cl2N2O2/c1-5-16(3)26-23(29)17(4)27(14-19-9-10-20(24)21(25)12-19)22(28)13-18-8-6-7-15(2)11-18/h6-12,16-17H,5,13-14H2,1-4H3,(H,26,29). The molecule has 2 amide bonds. The van der Waals surface area contributed by atoms with Crippen molar-refractivity contribution in [2.45, 2.75) is 59.2 Å². The van der Waals surface area contributed by atoms with E-state index in [1.807, 2.05) is 51.1 Å². The predicted octanol–water partition coefficient (Wildman–Crippen LogP) is 5.18. The fraction of sp³-hybridized carbons (Fsp3) is 0.391. The topological polar surface area (TPSA) is 49.4 Å². The molecule has 0 saturated carbocycles. The lowest BCUT2D eigenvalue weighted by atomic mass is 10.1. The Morgan fingerprint density at radius 2 is 1.76 bits per heavy atom. The van der Waals surface area contributed by atoms with E-state index in [1.54, 1.807) is 24.0 Å². The van der Waals surface area contributed by atoms with Gasteiger partial charge >= 0.3 is 0 Å². The van der Waals surface area contributed by atoms with Gasteiger partial charge in [0.05, 0.1) is 16.5 Å². The third-order valence-corrected chi connectivity index (χ3v) is 5.68. The molecule has 1 N–H and O–H groups in total. The highest BCUT2D eigenvalue weighted by molar-refractivity contribution is 6.42. The van der Waals surface area contributed by atoms with Crippen molar-refractivity contribution in [2.75, 3.05) is 0 Å². The Kier molecular flexibility index (Phi) is 8.54. The Morgan fingerprint density at radius 1 is 1.03 bits per heavy atom. The largest absolute Gasteiger partial charge is 0.352 e. The van der Waals surface area contributed by atoms with Gasteiger partial charge in [0, 0.05) is 12.6 Å². The van der Waals surface area contributed by atoms with Crippen LogP contribution < -0.4 is 5.32 Å². The molecule has 0 aliphatic heterocycles. The minimum absolute atomic E-state index is 0.0450. The summed E-state index contributed by atoms with van der Waals surface area (Å²) in [6.07, 6.45) is 1.05. The molecular weight excluding hydrogens is 407 g/mol. The Balaban J connectivity index is 2.26. The zero-order valence-electron chi connectivity index (χ0n) is 17.3. The van der Waals surface area contributed by atoms with Crippen LogP contribution in [0.15, 0.2) is 42.5 Å². The van der Waals surface area contributed by atoms with Gasteiger partial charge in [-0.05, 0) is 50.5 Å². The van der Waals surface area contributed by atoms with E-state index in [0.29, 0.717) is 10.0 Å². The average Bonchev–Trinajstić information content (AvgIpc) is 2.68. The zero-order valence-corrected chi connectivity index (χ0v) is 18.8. The van der Waals surface area contributed by atoms with Gasteiger partial charge < -0.3 is 10.2 Å². The minimum Gasteiger partial charge on any atom is -0.352 e. The maximum atomic E-state index is 13.2. The summed E-state index contributed by atoms with van der Waals surface area (Å²) in [5.41, 5.74) is 2.83. The van der Waals surface area contributed by atoms with Crippen molar-refractivity contribution in [3.8, 4) is 0 Å². The lowest BCUT2D eigenvalue weighted by molar-refractivity contribution is -0.140. The number of halogens is 2. The number of aryl methyl sites for hydroxylation is 1. The van der Waals surface area contributed by atoms with Crippen LogP contribution in [0.3, 0.4) is 0 Å². The number of carbonyl (C=O) groups is 2. The normalized spacial score (nSPS) is 12.9. The molecule has 29 heavy (non-hydrogen) atoms. The van der Waals surface area contributed by atoms with Crippen LogP contribution in [0.1, 0.15) is 43.9 Å². The quantitative estimate of drug-likeness (QED) is 0.622. The van der Waals surface area contributed by atoms with Gasteiger partial charge in [0.15, 0.2) is 0 Å². The van der Waals surface area contributed by atoms with E-state index in [0.717, 1.165) is 23.1 Å². The van der Waals surface area contributed by atoms with Crippen molar-refractivity contribution in [1.82, 2.24) is 10.2 Å². The summed E-state index contributed by atoms with van der Waals surface area (Å²) in [4.78, 5) is 27.5. The van der Waals surface area contributed by atoms with Gasteiger partial charge in [-0.25, -0.2) is 0 Å². The van der Waals surface area contributed by atoms with Gasteiger partial charge in [-0.15, -0.1) is 0 Å². The molecule has 6 heteroatoms. The van der Waals surface area contributed by atoms with E-state index in [2.05, 4.69) is 5.32 Å². The number of amides is 2. The Labute approximate surface area is 183 Å². The van der Waals surface area contributed by atoms with Gasteiger partial charge in [-0.1, -0.05) is 66.0 Å². The molecule has 0 saturated heterocycles. The van der Waals surface area contributed by atoms with Gasteiger partial charge in [0.1, 0.15) is 6.04 Å². The smallest absolute Gasteiger partial charge is 0.242 e. The molecule has 2 atom stereocenters. The third-order valence-electron chi connectivity index (χ3n) is 4.94. The number of hydrogen-bond acceptors (Lipinski definition) is 2. The summed E-state index contributed by atoms with van der Waals surface area (Å²) < 4.78 is 0. The molecule has 2 unspecified atom stereocenters. The van der Waals surface area contributed by atoms with Crippen molar-refractivity contribution >= 4 is 35.0 Å². The van der Waals surface area contributed by atoms with Gasteiger partial charge in [-0.3, -0.25) is 9.59 Å². The fourth-order valence-corrected chi connectivity index (χ4v) is 3.30. The summed E-state index contributed by atoms with van der Waals surface area (Å²) in [5.74, 6) is -0.287. The number of hydrogen-bond donors (Lipinski definition) is 1. The average molecular weight is 435 g/mol. The van der Waals surface area contributed by atoms with E-state index >= 15 is 0 Å². The van der Waals surface area contributed by atoms with E-state index in [9.17, 15) is 9.59 Å². The summed E-state index contributed by atoms with van der Waals surface area (Å²) in [6, 6.07) is 12.5. The first kappa shape index (κ1) is 23.2. The molecule has 0 aromatic heterocycles. The molecule has 2 rings (SSSR count). The number of benzene rings is 2. The molecule has 156 valence electrons. The van der Waals surface area contributed by atoms with Crippen LogP contribution in [0.5, 0.6) is 0 Å². The molecule has 0 aliphatic carbocycles. The lowest BCUT2D eigenvalue weighted by Crippen LogP contribution is -2.49. The van der Waals surface area contributed by atoms with Crippen molar-refractivity contribution < 1.29 is 9.59 Å². The monoisotopic (exact) mass is 434 g/mol. The number of rotatable bonds is 8. The Hall–Kier alpha value is -2.04. The van der Waals surface area contributed by atoms with Crippen molar-refractivity contribution in [3.05, 3.63) is 69.2 Å². The van der Waals surface area contributed by atoms with Crippen LogP contribution in [0.25, 0.3) is 0 Å². The van der Waals surface area contributed by atoms with Crippen LogP contribution in [0, 0.1) is 6.92 Å². The SMILES string of the molecule is CCC(C)NC(=O)C(C)N(Cc1ccc(Cl)c(Cl)c1)C(=O)Cc1cccc(C)c1. The van der Waals surface area contributed by atoms with E-state index in [4.69, 9.17) is 23.2 Å². The van der Waals surface area contributed by atoms with Crippen LogP contribution in [0.2, 0.25) is 10.0 Å². The van der Waals surface area contributed by atoms with Crippen LogP contribution >= 0.6 is 23.2 Å². The first-order valence-electron chi connectivity index (χ1n) is 9.80. The van der Waals surface area contributed by atoms with E-state index < -0.39 is 6.04 Å². The number of carbonyl (C=O) groups excluding carboxylic acids is 2. The summed E-state index contributed by atoms with van der Waals surface area (Å²) in [7, 11) is 0. The van der Waals surface area contributed by atoms with Crippen molar-refractivity contribution in [3.63, 3.8) is 0 Å². The maximum absolute atomic E-state index is 13.2. The summed E-state index contributed by atoms with van der Waals surface area (Å²) in [6.45, 7) is 7.97. The van der Waals surface area contributed by atoms with Crippen LogP contribution in [-0.2, 0) is 22.6 Å². The molecule has 0 radical (unpaired) electrons. The second-order valence-electron chi connectivity index (χ2n) is 7.43. The third kappa shape index (κ3) is 6.76. The van der Waals surface area contributed by atoms with Crippen LogP contribution in [0.4, 0.5) is 0 Å². The van der Waals surface area contributed by atoms with Crippen molar-refractivity contribution in [1.29, 1.82) is 0 Å². The lowest BCUT2D eigenvalue weighted by Gasteiger charge is -2.30. The maximum Gasteiger partial charge on any atom is 0.242 e. The number of nitrogens with zero attached hydrogens (tertiary/aromatic N) is 1. The van der Waals surface area contributed by atoms with E-state index in [1.165, 1.54) is 0 Å². The highest BCUT2D eigenvalue weighted by atomic mass is 35.5. The van der Waals surface area contributed by atoms with Crippen LogP contribution in [-0.4, -0.2) is 28.8 Å². The van der Waals surface area contributed by atoms with Gasteiger partial charge in [0.25, 0.3) is 0 Å². The molecular formula is C23H28Cl2N2O2. The fourth-order valence-electron chi connectivity index (χ4n) is 2.98. The Morgan fingerprint density at radius 3 is 2.38 bits per heavy atom. The first-order chi connectivity index (χ1) is 13.7. The molecule has 0 bridgehead atoms. The second-order valence-corrected chi connectivity index (χ2v) is 8.24. The molecule has 0 spiro atoms. The molecule has 0 aliphatic rings. The molecule has 0 heterocycles. The molecule has 4 nitrogen and oxygen atoms in total. The molecule has 2 aromatic carbocycles.